The highest BCUT2D eigenvalue weighted by molar-refractivity contribution is 9.10. The summed E-state index contributed by atoms with van der Waals surface area (Å²) < 4.78 is 5.24. The van der Waals surface area contributed by atoms with Gasteiger partial charge in [0.2, 0.25) is 5.91 Å². The normalized spacial score (nSPS) is 10.6. The van der Waals surface area contributed by atoms with Crippen LogP contribution in [0.5, 0.6) is 0 Å². The van der Waals surface area contributed by atoms with Crippen molar-refractivity contribution < 1.29 is 14.3 Å². The van der Waals surface area contributed by atoms with Gasteiger partial charge in [-0.15, -0.1) is 0 Å². The highest BCUT2D eigenvalue weighted by atomic mass is 79.9. The fourth-order valence-corrected chi connectivity index (χ4v) is 2.09. The van der Waals surface area contributed by atoms with Gasteiger partial charge in [-0.05, 0) is 40.9 Å². The number of esters is 1. The maximum atomic E-state index is 11.6. The summed E-state index contributed by atoms with van der Waals surface area (Å²) >= 11 is 3.30. The van der Waals surface area contributed by atoms with E-state index in [1.165, 1.54) is 7.11 Å². The van der Waals surface area contributed by atoms with Crippen molar-refractivity contribution in [2.24, 2.45) is 5.10 Å². The minimum atomic E-state index is -0.186. The number of nitrogens with zero attached hydrogens (tertiary/aromatic N) is 2. The van der Waals surface area contributed by atoms with Crippen LogP contribution in [0.4, 0.5) is 0 Å². The summed E-state index contributed by atoms with van der Waals surface area (Å²) in [5.41, 5.74) is 3.28. The average molecular weight is 370 g/mol. The summed E-state index contributed by atoms with van der Waals surface area (Å²) in [6.45, 7) is 0. The lowest BCUT2D eigenvalue weighted by atomic mass is 10.1. The zero-order chi connectivity index (χ0) is 16.2. The van der Waals surface area contributed by atoms with E-state index in [1.54, 1.807) is 18.5 Å². The molecular formula is C15H20BrN3O3. The molecule has 0 unspecified atom stereocenters. The van der Waals surface area contributed by atoms with Gasteiger partial charge in [0, 0.05) is 24.6 Å². The Bertz CT molecular complexity index is 521. The lowest BCUT2D eigenvalue weighted by molar-refractivity contribution is -0.140. The first-order valence-corrected chi connectivity index (χ1v) is 7.92. The van der Waals surface area contributed by atoms with Crippen molar-refractivity contribution in [2.75, 3.05) is 7.11 Å². The Morgan fingerprint density at radius 3 is 2.73 bits per heavy atom. The number of pyridine rings is 1. The van der Waals surface area contributed by atoms with E-state index in [2.05, 4.69) is 36.2 Å². The van der Waals surface area contributed by atoms with Crippen LogP contribution >= 0.6 is 15.9 Å². The van der Waals surface area contributed by atoms with Crippen LogP contribution in [-0.4, -0.2) is 30.2 Å². The summed E-state index contributed by atoms with van der Waals surface area (Å²) in [5, 5.41) is 3.90. The number of halogens is 1. The minimum Gasteiger partial charge on any atom is -0.469 e. The van der Waals surface area contributed by atoms with Crippen LogP contribution in [0.15, 0.2) is 28.0 Å². The third kappa shape index (κ3) is 7.87. The Labute approximate surface area is 138 Å². The molecule has 1 rings (SSSR count). The minimum absolute atomic E-state index is 0.121. The van der Waals surface area contributed by atoms with E-state index in [4.69, 9.17) is 0 Å². The second-order valence-electron chi connectivity index (χ2n) is 4.67. The Kier molecular flexibility index (Phi) is 9.06. The van der Waals surface area contributed by atoms with Crippen molar-refractivity contribution >= 4 is 34.0 Å². The number of aromatic nitrogens is 1. The van der Waals surface area contributed by atoms with Crippen LogP contribution in [0.2, 0.25) is 0 Å². The smallest absolute Gasteiger partial charge is 0.305 e. The molecule has 0 aliphatic heterocycles. The first kappa shape index (κ1) is 18.3. The van der Waals surface area contributed by atoms with Crippen LogP contribution in [0.3, 0.4) is 0 Å². The third-order valence-corrected chi connectivity index (χ3v) is 3.61. The molecule has 22 heavy (non-hydrogen) atoms. The Hall–Kier alpha value is -1.76. The topological polar surface area (TPSA) is 80.7 Å². The van der Waals surface area contributed by atoms with E-state index in [0.29, 0.717) is 17.4 Å². The summed E-state index contributed by atoms with van der Waals surface area (Å²) in [4.78, 5) is 26.5. The van der Waals surface area contributed by atoms with Crippen molar-refractivity contribution in [2.45, 2.75) is 38.5 Å². The van der Waals surface area contributed by atoms with Crippen molar-refractivity contribution in [3.05, 3.63) is 28.5 Å². The number of amides is 1. The van der Waals surface area contributed by atoms with Gasteiger partial charge in [0.1, 0.15) is 4.60 Å². The Balaban J connectivity index is 2.11. The molecule has 0 saturated carbocycles. The second-order valence-corrected chi connectivity index (χ2v) is 5.42. The van der Waals surface area contributed by atoms with E-state index >= 15 is 0 Å². The average Bonchev–Trinajstić information content (AvgIpc) is 2.52. The van der Waals surface area contributed by atoms with Crippen LogP contribution in [0.25, 0.3) is 0 Å². The maximum absolute atomic E-state index is 11.6. The number of ether oxygens (including phenoxy) is 1. The van der Waals surface area contributed by atoms with Gasteiger partial charge in [-0.1, -0.05) is 12.8 Å². The molecule has 0 atom stereocenters. The molecule has 1 N–H and O–H groups in total. The van der Waals surface area contributed by atoms with E-state index in [9.17, 15) is 9.59 Å². The van der Waals surface area contributed by atoms with Crippen LogP contribution < -0.4 is 5.43 Å². The van der Waals surface area contributed by atoms with Gasteiger partial charge in [-0.25, -0.2) is 10.4 Å². The predicted octanol–water partition coefficient (Wildman–Crippen LogP) is 2.81. The molecule has 0 saturated heterocycles. The fourth-order valence-electron chi connectivity index (χ4n) is 1.73. The molecule has 0 aromatic carbocycles. The molecule has 7 heteroatoms. The van der Waals surface area contributed by atoms with Gasteiger partial charge < -0.3 is 4.74 Å². The lowest BCUT2D eigenvalue weighted by Gasteiger charge is -2.01. The first-order valence-electron chi connectivity index (χ1n) is 7.12. The van der Waals surface area contributed by atoms with E-state index < -0.39 is 0 Å². The fraction of sp³-hybridized carbons (Fsp3) is 0.467. The van der Waals surface area contributed by atoms with E-state index in [1.807, 2.05) is 6.07 Å². The molecule has 1 aromatic rings. The molecule has 0 bridgehead atoms. The number of hydrazone groups is 1. The second kappa shape index (κ2) is 10.9. The zero-order valence-electron chi connectivity index (χ0n) is 12.5. The first-order chi connectivity index (χ1) is 10.6. The largest absolute Gasteiger partial charge is 0.469 e. The number of hydrogen-bond acceptors (Lipinski definition) is 5. The highest BCUT2D eigenvalue weighted by Crippen LogP contribution is 2.09. The SMILES string of the molecule is COC(=O)CCCCCCC(=O)N/N=C/c1cccnc1Br. The summed E-state index contributed by atoms with van der Waals surface area (Å²) in [7, 11) is 1.39. The van der Waals surface area contributed by atoms with Crippen LogP contribution in [0.1, 0.15) is 44.1 Å². The summed E-state index contributed by atoms with van der Waals surface area (Å²) in [6, 6.07) is 3.64. The molecule has 1 amide bonds. The lowest BCUT2D eigenvalue weighted by Crippen LogP contribution is -2.17. The van der Waals surface area contributed by atoms with E-state index in [-0.39, 0.29) is 11.9 Å². The molecule has 0 fully saturated rings. The number of nitrogens with one attached hydrogen (secondary N) is 1. The number of carbonyl (C=O) groups excluding carboxylic acids is 2. The molecule has 0 radical (unpaired) electrons. The number of hydrogen-bond donors (Lipinski definition) is 1. The number of unbranched alkanes of at least 4 members (excludes halogenated alkanes) is 3. The van der Waals surface area contributed by atoms with E-state index in [0.717, 1.165) is 31.2 Å². The highest BCUT2D eigenvalue weighted by Gasteiger charge is 2.02. The molecule has 0 aliphatic rings. The third-order valence-electron chi connectivity index (χ3n) is 2.94. The van der Waals surface area contributed by atoms with Gasteiger partial charge >= 0.3 is 5.97 Å². The van der Waals surface area contributed by atoms with Crippen molar-refractivity contribution in [3.8, 4) is 0 Å². The summed E-state index contributed by atoms with van der Waals surface area (Å²) in [5.74, 6) is -0.308. The summed E-state index contributed by atoms with van der Waals surface area (Å²) in [6.07, 6.45) is 7.46. The maximum Gasteiger partial charge on any atom is 0.305 e. The number of carbonyl (C=O) groups is 2. The monoisotopic (exact) mass is 369 g/mol. The molecule has 120 valence electrons. The van der Waals surface area contributed by atoms with Gasteiger partial charge in [0.05, 0.1) is 13.3 Å². The number of rotatable bonds is 9. The van der Waals surface area contributed by atoms with Gasteiger partial charge in [0.25, 0.3) is 0 Å². The quantitative estimate of drug-likeness (QED) is 0.238. The molecular weight excluding hydrogens is 350 g/mol. The molecule has 1 heterocycles. The van der Waals surface area contributed by atoms with Gasteiger partial charge in [-0.2, -0.15) is 5.10 Å². The Morgan fingerprint density at radius 2 is 2.05 bits per heavy atom. The van der Waals surface area contributed by atoms with Crippen molar-refractivity contribution in [3.63, 3.8) is 0 Å². The van der Waals surface area contributed by atoms with Gasteiger partial charge in [-0.3, -0.25) is 9.59 Å². The molecule has 0 spiro atoms. The van der Waals surface area contributed by atoms with Crippen molar-refractivity contribution in [1.82, 2.24) is 10.4 Å². The molecule has 6 nitrogen and oxygen atoms in total. The molecule has 0 aliphatic carbocycles. The number of methoxy groups -OCH3 is 1. The van der Waals surface area contributed by atoms with Crippen LogP contribution in [0, 0.1) is 0 Å². The standard InChI is InChI=1S/C15H20BrN3O3/c1-22-14(21)9-5-3-2-4-8-13(20)19-18-11-12-7-6-10-17-15(12)16/h6-7,10-11H,2-5,8-9H2,1H3,(H,19,20)/b18-11+. The zero-order valence-corrected chi connectivity index (χ0v) is 14.1. The Morgan fingerprint density at radius 1 is 1.32 bits per heavy atom. The molecule has 1 aromatic heterocycles. The van der Waals surface area contributed by atoms with Crippen molar-refractivity contribution in [1.29, 1.82) is 0 Å². The predicted molar refractivity (Wildman–Crippen MR) is 87.4 cm³/mol. The van der Waals surface area contributed by atoms with Crippen LogP contribution in [-0.2, 0) is 14.3 Å². The van der Waals surface area contributed by atoms with Gasteiger partial charge in [0.15, 0.2) is 0 Å².